The number of hydrogen-bond acceptors (Lipinski definition) is 3. The number of nitrogens with one attached hydrogen (secondary N) is 2. The van der Waals surface area contributed by atoms with E-state index in [1.165, 1.54) is 0 Å². The third-order valence-corrected chi connectivity index (χ3v) is 2.35. The van der Waals surface area contributed by atoms with E-state index < -0.39 is 29.1 Å². The van der Waals surface area contributed by atoms with Gasteiger partial charge in [0.2, 0.25) is 0 Å². The summed E-state index contributed by atoms with van der Waals surface area (Å²) >= 11 is 0. The molecule has 0 heterocycles. The molecule has 4 nitrogen and oxygen atoms in total. The lowest BCUT2D eigenvalue weighted by Crippen LogP contribution is -2.38. The fourth-order valence-electron chi connectivity index (χ4n) is 1.53. The average Bonchev–Trinajstić information content (AvgIpc) is 2.31. The van der Waals surface area contributed by atoms with Crippen molar-refractivity contribution in [2.45, 2.75) is 39.3 Å². The third-order valence-electron chi connectivity index (χ3n) is 2.35. The molecule has 0 fully saturated rings. The topological polar surface area (TPSA) is 50.4 Å². The van der Waals surface area contributed by atoms with Gasteiger partial charge in [-0.1, -0.05) is 0 Å². The predicted octanol–water partition coefficient (Wildman–Crippen LogP) is 3.43. The summed E-state index contributed by atoms with van der Waals surface area (Å²) in [6.45, 7) is 7.07. The van der Waals surface area contributed by atoms with E-state index in [1.807, 2.05) is 0 Å². The number of carbonyl (C=O) groups is 1. The average molecular weight is 304 g/mol. The van der Waals surface area contributed by atoms with E-state index in [9.17, 15) is 18.0 Å². The lowest BCUT2D eigenvalue weighted by molar-refractivity contribution is 0.0526. The van der Waals surface area contributed by atoms with Gasteiger partial charge in [-0.3, -0.25) is 0 Å². The predicted molar refractivity (Wildman–Crippen MR) is 73.6 cm³/mol. The summed E-state index contributed by atoms with van der Waals surface area (Å²) in [7, 11) is 0. The quantitative estimate of drug-likeness (QED) is 0.838. The monoisotopic (exact) mass is 304 g/mol. The lowest BCUT2D eigenvalue weighted by Gasteiger charge is -2.21. The van der Waals surface area contributed by atoms with E-state index in [0.717, 1.165) is 12.1 Å². The summed E-state index contributed by atoms with van der Waals surface area (Å²) in [5, 5.41) is 5.27. The number of anilines is 1. The molecule has 0 aliphatic carbocycles. The molecule has 1 aromatic carbocycles. The molecule has 0 aromatic heterocycles. The van der Waals surface area contributed by atoms with Crippen LogP contribution >= 0.6 is 0 Å². The standard InChI is InChI=1S/C14H19F3N2O2/c1-8(7-18-13(20)21-14(2,3)4)19-9-5-10(15)12(17)11(16)6-9/h5-6,8,19H,7H2,1-4H3,(H,18,20). The van der Waals surface area contributed by atoms with Crippen LogP contribution in [0.25, 0.3) is 0 Å². The van der Waals surface area contributed by atoms with Crippen LogP contribution in [0.4, 0.5) is 23.7 Å². The molecule has 1 aromatic rings. The van der Waals surface area contributed by atoms with E-state index in [-0.39, 0.29) is 18.3 Å². The molecule has 0 aliphatic heterocycles. The largest absolute Gasteiger partial charge is 0.444 e. The Bertz CT molecular complexity index is 492. The van der Waals surface area contributed by atoms with Gasteiger partial charge in [-0.15, -0.1) is 0 Å². The van der Waals surface area contributed by atoms with Gasteiger partial charge >= 0.3 is 6.09 Å². The smallest absolute Gasteiger partial charge is 0.407 e. The molecule has 2 N–H and O–H groups in total. The molecule has 0 saturated carbocycles. The summed E-state index contributed by atoms with van der Waals surface area (Å²) in [5.74, 6) is -4.06. The van der Waals surface area contributed by atoms with E-state index >= 15 is 0 Å². The summed E-state index contributed by atoms with van der Waals surface area (Å²) in [5.41, 5.74) is -0.519. The zero-order chi connectivity index (χ0) is 16.2. The Labute approximate surface area is 121 Å². The zero-order valence-corrected chi connectivity index (χ0v) is 12.4. The Hall–Kier alpha value is -1.92. The second-order valence-electron chi connectivity index (χ2n) is 5.68. The minimum atomic E-state index is -1.51. The molecular formula is C14H19F3N2O2. The molecule has 1 amide bonds. The number of rotatable bonds is 4. The molecule has 0 aliphatic rings. The van der Waals surface area contributed by atoms with Gasteiger partial charge in [0.25, 0.3) is 0 Å². The highest BCUT2D eigenvalue weighted by Gasteiger charge is 2.17. The Kier molecular flexibility index (Phi) is 5.46. The van der Waals surface area contributed by atoms with Crippen LogP contribution in [-0.2, 0) is 4.74 Å². The third kappa shape index (κ3) is 5.93. The van der Waals surface area contributed by atoms with Crippen molar-refractivity contribution in [3.05, 3.63) is 29.6 Å². The first-order valence-corrected chi connectivity index (χ1v) is 6.46. The molecule has 1 rings (SSSR count). The van der Waals surface area contributed by atoms with Crippen molar-refractivity contribution >= 4 is 11.8 Å². The molecule has 0 bridgehead atoms. The second kappa shape index (κ2) is 6.69. The molecule has 118 valence electrons. The Morgan fingerprint density at radius 3 is 2.24 bits per heavy atom. The maximum atomic E-state index is 13.0. The van der Waals surface area contributed by atoms with E-state index in [0.29, 0.717) is 0 Å². The van der Waals surface area contributed by atoms with Crippen molar-refractivity contribution in [3.63, 3.8) is 0 Å². The SMILES string of the molecule is CC(CNC(=O)OC(C)(C)C)Nc1cc(F)c(F)c(F)c1. The molecule has 1 unspecified atom stereocenters. The number of benzene rings is 1. The van der Waals surface area contributed by atoms with E-state index in [4.69, 9.17) is 4.74 Å². The second-order valence-corrected chi connectivity index (χ2v) is 5.68. The lowest BCUT2D eigenvalue weighted by atomic mass is 10.2. The fraction of sp³-hybridized carbons (Fsp3) is 0.500. The first-order valence-electron chi connectivity index (χ1n) is 6.46. The minimum absolute atomic E-state index is 0.0879. The van der Waals surface area contributed by atoms with Gasteiger partial charge < -0.3 is 15.4 Å². The molecule has 0 radical (unpaired) electrons. The van der Waals surface area contributed by atoms with Gasteiger partial charge in [0, 0.05) is 30.4 Å². The molecule has 21 heavy (non-hydrogen) atoms. The fourth-order valence-corrected chi connectivity index (χ4v) is 1.53. The van der Waals surface area contributed by atoms with Gasteiger partial charge in [0.05, 0.1) is 0 Å². The van der Waals surface area contributed by atoms with Gasteiger partial charge in [0.15, 0.2) is 17.5 Å². The molecule has 7 heteroatoms. The van der Waals surface area contributed by atoms with E-state index in [1.54, 1.807) is 27.7 Å². The first kappa shape index (κ1) is 17.1. The number of ether oxygens (including phenoxy) is 1. The number of amides is 1. The highest BCUT2D eigenvalue weighted by Crippen LogP contribution is 2.17. The normalized spacial score (nSPS) is 12.7. The van der Waals surface area contributed by atoms with E-state index in [2.05, 4.69) is 10.6 Å². The maximum absolute atomic E-state index is 13.0. The summed E-state index contributed by atoms with van der Waals surface area (Å²) in [4.78, 5) is 11.4. The van der Waals surface area contributed by atoms with Crippen LogP contribution in [0.3, 0.4) is 0 Å². The van der Waals surface area contributed by atoms with Crippen molar-refractivity contribution in [3.8, 4) is 0 Å². The highest BCUT2D eigenvalue weighted by atomic mass is 19.2. The summed E-state index contributed by atoms with van der Waals surface area (Å²) in [6.07, 6.45) is -0.590. The van der Waals surface area contributed by atoms with Crippen LogP contribution in [0, 0.1) is 17.5 Å². The van der Waals surface area contributed by atoms with Gasteiger partial charge in [-0.25, -0.2) is 18.0 Å². The Morgan fingerprint density at radius 1 is 1.24 bits per heavy atom. The highest BCUT2D eigenvalue weighted by molar-refractivity contribution is 5.67. The maximum Gasteiger partial charge on any atom is 0.407 e. The number of alkyl carbamates (subject to hydrolysis) is 1. The van der Waals surface area contributed by atoms with Crippen LogP contribution in [0.2, 0.25) is 0 Å². The van der Waals surface area contributed by atoms with Crippen LogP contribution in [-0.4, -0.2) is 24.3 Å². The molecule has 1 atom stereocenters. The van der Waals surface area contributed by atoms with Gasteiger partial charge in [0.1, 0.15) is 5.60 Å². The first-order chi connectivity index (χ1) is 9.58. The van der Waals surface area contributed by atoms with Gasteiger partial charge in [-0.2, -0.15) is 0 Å². The van der Waals surface area contributed by atoms with Crippen LogP contribution in [0.5, 0.6) is 0 Å². The molecular weight excluding hydrogens is 285 g/mol. The number of halogens is 3. The van der Waals surface area contributed by atoms with Crippen molar-refractivity contribution in [1.82, 2.24) is 5.32 Å². The number of hydrogen-bond donors (Lipinski definition) is 2. The van der Waals surface area contributed by atoms with Crippen molar-refractivity contribution in [2.75, 3.05) is 11.9 Å². The van der Waals surface area contributed by atoms with Crippen molar-refractivity contribution in [2.24, 2.45) is 0 Å². The minimum Gasteiger partial charge on any atom is -0.444 e. The Balaban J connectivity index is 2.51. The zero-order valence-electron chi connectivity index (χ0n) is 12.4. The number of carbonyl (C=O) groups excluding carboxylic acids is 1. The van der Waals surface area contributed by atoms with Crippen LogP contribution < -0.4 is 10.6 Å². The van der Waals surface area contributed by atoms with Gasteiger partial charge in [-0.05, 0) is 27.7 Å². The summed E-state index contributed by atoms with van der Waals surface area (Å²) in [6, 6.07) is 1.37. The van der Waals surface area contributed by atoms with Crippen LogP contribution in [0.15, 0.2) is 12.1 Å². The Morgan fingerprint density at radius 2 is 1.76 bits per heavy atom. The molecule has 0 spiro atoms. The summed E-state index contributed by atoms with van der Waals surface area (Å²) < 4.78 is 43.9. The molecule has 0 saturated heterocycles. The van der Waals surface area contributed by atoms with Crippen molar-refractivity contribution < 1.29 is 22.7 Å². The van der Waals surface area contributed by atoms with Crippen LogP contribution in [0.1, 0.15) is 27.7 Å². The van der Waals surface area contributed by atoms with Crippen molar-refractivity contribution in [1.29, 1.82) is 0 Å².